The zero-order chi connectivity index (χ0) is 22.2. The summed E-state index contributed by atoms with van der Waals surface area (Å²) < 4.78 is 36.5. The Kier molecular flexibility index (Phi) is 4.87. The van der Waals surface area contributed by atoms with Crippen molar-refractivity contribution in [1.82, 2.24) is 0 Å². The first-order chi connectivity index (χ1) is 13.8. The maximum absolute atomic E-state index is 14.0. The molecule has 2 aromatic carbocycles. The summed E-state index contributed by atoms with van der Waals surface area (Å²) in [5.41, 5.74) is 4.26. The van der Waals surface area contributed by atoms with Gasteiger partial charge in [-0.3, -0.25) is 4.31 Å². The lowest BCUT2D eigenvalue weighted by molar-refractivity contribution is 0.377. The molecule has 2 aliphatic rings. The maximum Gasteiger partial charge on any atom is 0.264 e. The number of methoxy groups -OCH3 is 1. The third-order valence-electron chi connectivity index (χ3n) is 6.15. The van der Waals surface area contributed by atoms with Crippen LogP contribution in [0.1, 0.15) is 63.8 Å². The van der Waals surface area contributed by atoms with E-state index < -0.39 is 10.0 Å². The van der Waals surface area contributed by atoms with Crippen molar-refractivity contribution in [2.45, 2.75) is 76.2 Å². The van der Waals surface area contributed by atoms with Crippen molar-refractivity contribution < 1.29 is 13.2 Å². The minimum atomic E-state index is -3.67. The molecule has 1 atom stereocenters. The topological polar surface area (TPSA) is 46.6 Å². The van der Waals surface area contributed by atoms with E-state index in [9.17, 15) is 8.42 Å². The molecule has 30 heavy (non-hydrogen) atoms. The molecule has 2 aromatic rings. The summed E-state index contributed by atoms with van der Waals surface area (Å²) in [7, 11) is -1.98. The van der Waals surface area contributed by atoms with E-state index in [0.29, 0.717) is 11.3 Å². The fraction of sp³-hybridized carbons (Fsp3) is 0.500. The summed E-state index contributed by atoms with van der Waals surface area (Å²) in [5.74, 6) is 0.829. The van der Waals surface area contributed by atoms with Gasteiger partial charge in [0.15, 0.2) is 0 Å². The van der Waals surface area contributed by atoms with Crippen LogP contribution in [0.2, 0.25) is 0 Å². The molecule has 2 heterocycles. The van der Waals surface area contributed by atoms with Crippen LogP contribution in [-0.2, 0) is 33.7 Å². The van der Waals surface area contributed by atoms with Gasteiger partial charge in [-0.15, -0.1) is 0 Å². The van der Waals surface area contributed by atoms with Gasteiger partial charge in [0.05, 0.1) is 23.7 Å². The molecule has 0 fully saturated rings. The molecule has 162 valence electrons. The third-order valence-corrected chi connectivity index (χ3v) is 8.58. The Morgan fingerprint density at radius 1 is 1.03 bits per heavy atom. The van der Waals surface area contributed by atoms with Crippen molar-refractivity contribution in [2.75, 3.05) is 11.4 Å². The Morgan fingerprint density at radius 3 is 2.27 bits per heavy atom. The monoisotopic (exact) mass is 491 g/mol. The van der Waals surface area contributed by atoms with E-state index in [1.54, 1.807) is 11.4 Å². The molecule has 0 N–H and O–H groups in total. The van der Waals surface area contributed by atoms with Gasteiger partial charge in [-0.25, -0.2) is 8.42 Å². The summed E-state index contributed by atoms with van der Waals surface area (Å²) in [6.45, 7) is 12.7. The highest BCUT2D eigenvalue weighted by Crippen LogP contribution is 2.50. The van der Waals surface area contributed by atoms with Crippen LogP contribution in [0.25, 0.3) is 0 Å². The number of halogens is 1. The van der Waals surface area contributed by atoms with Crippen molar-refractivity contribution in [3.05, 3.63) is 51.0 Å². The van der Waals surface area contributed by atoms with Crippen LogP contribution in [-0.4, -0.2) is 21.6 Å². The fourth-order valence-electron chi connectivity index (χ4n) is 4.96. The molecule has 0 amide bonds. The normalized spacial score (nSPS) is 19.9. The van der Waals surface area contributed by atoms with Gasteiger partial charge >= 0.3 is 0 Å². The second-order valence-corrected chi connectivity index (χ2v) is 13.1. The summed E-state index contributed by atoms with van der Waals surface area (Å²) in [4.78, 5) is 0.435. The molecule has 0 saturated carbocycles. The van der Waals surface area contributed by atoms with E-state index >= 15 is 0 Å². The summed E-state index contributed by atoms with van der Waals surface area (Å²) in [5, 5.41) is 0. The number of anilines is 1. The van der Waals surface area contributed by atoms with E-state index in [1.807, 2.05) is 24.3 Å². The highest BCUT2D eigenvalue weighted by molar-refractivity contribution is 9.10. The van der Waals surface area contributed by atoms with E-state index in [-0.39, 0.29) is 16.9 Å². The molecule has 0 aliphatic carbocycles. The Labute approximate surface area is 188 Å². The summed E-state index contributed by atoms with van der Waals surface area (Å²) in [6, 6.07) is 7.64. The minimum Gasteiger partial charge on any atom is -0.496 e. The van der Waals surface area contributed by atoms with Crippen LogP contribution in [0.4, 0.5) is 5.69 Å². The minimum absolute atomic E-state index is 0.0990. The van der Waals surface area contributed by atoms with Gasteiger partial charge in [-0.2, -0.15) is 0 Å². The van der Waals surface area contributed by atoms with Gasteiger partial charge in [0.1, 0.15) is 5.75 Å². The van der Waals surface area contributed by atoms with Gasteiger partial charge in [0.25, 0.3) is 10.0 Å². The molecule has 1 unspecified atom stereocenters. The molecule has 0 aromatic heterocycles. The second kappa shape index (κ2) is 6.73. The second-order valence-electron chi connectivity index (χ2n) is 10.4. The number of ether oxygens (including phenoxy) is 1. The predicted octanol–water partition coefficient (Wildman–Crippen LogP) is 5.73. The summed E-state index contributed by atoms with van der Waals surface area (Å²) in [6.07, 6.45) is 1.41. The van der Waals surface area contributed by atoms with Crippen molar-refractivity contribution >= 4 is 31.6 Å². The lowest BCUT2D eigenvalue weighted by Gasteiger charge is -2.39. The number of rotatable bonds is 1. The fourth-order valence-corrected chi connectivity index (χ4v) is 7.32. The molecule has 4 rings (SSSR count). The zero-order valence-corrected chi connectivity index (χ0v) is 21.2. The van der Waals surface area contributed by atoms with Crippen molar-refractivity contribution in [3.63, 3.8) is 0 Å². The molecule has 0 bridgehead atoms. The number of hydrogen-bond donors (Lipinski definition) is 0. The molecular weight excluding hydrogens is 462 g/mol. The molecule has 4 nitrogen and oxygen atoms in total. The standard InChI is InChI=1S/C24H30BrNO3S/c1-23(2,3)18-13-20-17(21(22(18)29-7)24(4,5)6)12-16-11-14-10-15(25)8-9-19(14)26(16)30(20,27)28/h8-10,13,16H,11-12H2,1-7H3. The number of benzene rings is 2. The zero-order valence-electron chi connectivity index (χ0n) is 18.8. The summed E-state index contributed by atoms with van der Waals surface area (Å²) >= 11 is 3.52. The smallest absolute Gasteiger partial charge is 0.264 e. The lowest BCUT2D eigenvalue weighted by atomic mass is 9.76. The Morgan fingerprint density at radius 2 is 1.70 bits per heavy atom. The van der Waals surface area contributed by atoms with Crippen molar-refractivity contribution in [1.29, 1.82) is 0 Å². The van der Waals surface area contributed by atoms with Crippen LogP contribution in [0, 0.1) is 0 Å². The van der Waals surface area contributed by atoms with E-state index in [1.165, 1.54) is 0 Å². The van der Waals surface area contributed by atoms with E-state index in [0.717, 1.165) is 44.6 Å². The first-order valence-electron chi connectivity index (χ1n) is 10.3. The SMILES string of the molecule is COc1c(C(C)(C)C)cc2c(c1C(C)(C)C)CC1Cc3cc(Br)ccc3N1S2(=O)=O. The maximum atomic E-state index is 14.0. The van der Waals surface area contributed by atoms with Gasteiger partial charge in [0.2, 0.25) is 0 Å². The molecule has 2 aliphatic heterocycles. The highest BCUT2D eigenvalue weighted by atomic mass is 79.9. The van der Waals surface area contributed by atoms with Crippen LogP contribution >= 0.6 is 15.9 Å². The van der Waals surface area contributed by atoms with Crippen LogP contribution in [0.15, 0.2) is 33.6 Å². The lowest BCUT2D eigenvalue weighted by Crippen LogP contribution is -2.44. The van der Waals surface area contributed by atoms with Crippen molar-refractivity contribution in [2.24, 2.45) is 0 Å². The molecule has 0 spiro atoms. The Hall–Kier alpha value is -1.53. The Balaban J connectivity index is 2.05. The highest BCUT2D eigenvalue weighted by Gasteiger charge is 2.46. The number of sulfonamides is 1. The molecular formula is C24H30BrNO3S. The third kappa shape index (κ3) is 3.18. The number of hydrogen-bond acceptors (Lipinski definition) is 3. The van der Waals surface area contributed by atoms with Crippen molar-refractivity contribution in [3.8, 4) is 5.75 Å². The quantitative estimate of drug-likeness (QED) is 0.511. The van der Waals surface area contributed by atoms with Gasteiger partial charge in [-0.1, -0.05) is 57.5 Å². The van der Waals surface area contributed by atoms with Crippen LogP contribution in [0.5, 0.6) is 5.75 Å². The molecule has 6 heteroatoms. The Bertz CT molecular complexity index is 1140. The number of nitrogens with zero attached hydrogens (tertiary/aromatic N) is 1. The van der Waals surface area contributed by atoms with Gasteiger partial charge in [-0.05, 0) is 59.1 Å². The average molecular weight is 492 g/mol. The van der Waals surface area contributed by atoms with Crippen LogP contribution in [0.3, 0.4) is 0 Å². The van der Waals surface area contributed by atoms with E-state index in [4.69, 9.17) is 4.74 Å². The number of fused-ring (bicyclic) bond motifs is 4. The molecule has 0 radical (unpaired) electrons. The largest absolute Gasteiger partial charge is 0.496 e. The van der Waals surface area contributed by atoms with E-state index in [2.05, 4.69) is 57.5 Å². The van der Waals surface area contributed by atoms with Gasteiger partial charge < -0.3 is 4.74 Å². The first-order valence-corrected chi connectivity index (χ1v) is 12.6. The van der Waals surface area contributed by atoms with Crippen LogP contribution < -0.4 is 9.04 Å². The predicted molar refractivity (Wildman–Crippen MR) is 125 cm³/mol. The average Bonchev–Trinajstić information content (AvgIpc) is 2.96. The van der Waals surface area contributed by atoms with Gasteiger partial charge in [0, 0.05) is 15.6 Å². The first kappa shape index (κ1) is 21.7. The molecule has 0 saturated heterocycles.